The SMILES string of the molecule is CCOC(C(=O)N1CCC(CN)(c2ccccc2)CC1)C(C)C. The number of rotatable bonds is 6. The summed E-state index contributed by atoms with van der Waals surface area (Å²) in [7, 11) is 0. The first kappa shape index (κ1) is 18.0. The molecule has 1 saturated heterocycles. The van der Waals surface area contributed by atoms with Gasteiger partial charge in [-0.3, -0.25) is 4.79 Å². The molecule has 1 heterocycles. The largest absolute Gasteiger partial charge is 0.368 e. The summed E-state index contributed by atoms with van der Waals surface area (Å²) >= 11 is 0. The maximum atomic E-state index is 12.7. The number of ether oxygens (including phenoxy) is 1. The number of hydrogen-bond donors (Lipinski definition) is 1. The highest BCUT2D eigenvalue weighted by molar-refractivity contribution is 5.81. The minimum atomic E-state index is -0.331. The normalized spacial score (nSPS) is 18.9. The number of likely N-dealkylation sites (tertiary alicyclic amines) is 1. The second kappa shape index (κ2) is 7.93. The second-order valence-corrected chi connectivity index (χ2v) is 6.80. The van der Waals surface area contributed by atoms with Gasteiger partial charge in [0.15, 0.2) is 0 Å². The first-order valence-corrected chi connectivity index (χ1v) is 8.70. The van der Waals surface area contributed by atoms with E-state index in [4.69, 9.17) is 10.5 Å². The lowest BCUT2D eigenvalue weighted by molar-refractivity contribution is -0.148. The molecule has 0 radical (unpaired) electrons. The van der Waals surface area contributed by atoms with Crippen molar-refractivity contribution < 1.29 is 9.53 Å². The minimum Gasteiger partial charge on any atom is -0.368 e. The zero-order chi connectivity index (χ0) is 16.9. The molecule has 2 N–H and O–H groups in total. The Balaban J connectivity index is 2.06. The van der Waals surface area contributed by atoms with Crippen LogP contribution in [0.1, 0.15) is 39.2 Å². The number of piperidine rings is 1. The van der Waals surface area contributed by atoms with Gasteiger partial charge in [0.2, 0.25) is 0 Å². The van der Waals surface area contributed by atoms with Crippen LogP contribution in [0, 0.1) is 5.92 Å². The van der Waals surface area contributed by atoms with Gasteiger partial charge in [-0.1, -0.05) is 44.2 Å². The molecular weight excluding hydrogens is 288 g/mol. The van der Waals surface area contributed by atoms with Crippen molar-refractivity contribution in [2.45, 2.75) is 45.1 Å². The first-order chi connectivity index (χ1) is 11.0. The van der Waals surface area contributed by atoms with Gasteiger partial charge in [-0.25, -0.2) is 0 Å². The van der Waals surface area contributed by atoms with E-state index >= 15 is 0 Å². The van der Waals surface area contributed by atoms with Crippen molar-refractivity contribution in [2.75, 3.05) is 26.2 Å². The molecule has 0 spiro atoms. The summed E-state index contributed by atoms with van der Waals surface area (Å²) in [6, 6.07) is 10.5. The number of amides is 1. The van der Waals surface area contributed by atoms with Crippen LogP contribution >= 0.6 is 0 Å². The molecule has 0 aromatic heterocycles. The molecule has 1 atom stereocenters. The molecular formula is C19H30N2O2. The van der Waals surface area contributed by atoms with Crippen LogP contribution in [0.25, 0.3) is 0 Å². The monoisotopic (exact) mass is 318 g/mol. The van der Waals surface area contributed by atoms with Gasteiger partial charge in [-0.15, -0.1) is 0 Å². The molecule has 0 aliphatic carbocycles. The number of carbonyl (C=O) groups excluding carboxylic acids is 1. The van der Waals surface area contributed by atoms with Crippen molar-refractivity contribution in [2.24, 2.45) is 11.7 Å². The molecule has 1 aliphatic heterocycles. The predicted molar refractivity (Wildman–Crippen MR) is 93.2 cm³/mol. The Morgan fingerprint density at radius 1 is 1.26 bits per heavy atom. The topological polar surface area (TPSA) is 55.6 Å². The van der Waals surface area contributed by atoms with Crippen molar-refractivity contribution in [3.63, 3.8) is 0 Å². The lowest BCUT2D eigenvalue weighted by atomic mass is 9.73. The minimum absolute atomic E-state index is 0.00300. The van der Waals surface area contributed by atoms with Gasteiger partial charge in [-0.2, -0.15) is 0 Å². The van der Waals surface area contributed by atoms with E-state index in [1.165, 1.54) is 5.56 Å². The molecule has 23 heavy (non-hydrogen) atoms. The summed E-state index contributed by atoms with van der Waals surface area (Å²) in [4.78, 5) is 14.7. The molecule has 128 valence electrons. The number of nitrogens with zero attached hydrogens (tertiary/aromatic N) is 1. The molecule has 1 aliphatic rings. The van der Waals surface area contributed by atoms with Crippen molar-refractivity contribution in [1.82, 2.24) is 4.90 Å². The molecule has 1 aromatic rings. The summed E-state index contributed by atoms with van der Waals surface area (Å²) in [6.45, 7) is 8.71. The molecule has 4 heteroatoms. The van der Waals surface area contributed by atoms with Gasteiger partial charge in [0.05, 0.1) is 0 Å². The smallest absolute Gasteiger partial charge is 0.251 e. The standard InChI is InChI=1S/C19H30N2O2/c1-4-23-17(15(2)3)18(22)21-12-10-19(14-20,11-13-21)16-8-6-5-7-9-16/h5-9,15,17H,4,10-14,20H2,1-3H3. The highest BCUT2D eigenvalue weighted by Gasteiger charge is 2.38. The van der Waals surface area contributed by atoms with Crippen LogP contribution < -0.4 is 5.73 Å². The Kier molecular flexibility index (Phi) is 6.19. The average Bonchev–Trinajstić information content (AvgIpc) is 2.59. The predicted octanol–water partition coefficient (Wildman–Crippen LogP) is 2.57. The van der Waals surface area contributed by atoms with Crippen LogP contribution in [-0.4, -0.2) is 43.2 Å². The Hall–Kier alpha value is -1.39. The highest BCUT2D eigenvalue weighted by Crippen LogP contribution is 2.35. The Morgan fingerprint density at radius 2 is 1.87 bits per heavy atom. The van der Waals surface area contributed by atoms with Gasteiger partial charge in [0.1, 0.15) is 6.10 Å². The van der Waals surface area contributed by atoms with Gasteiger partial charge in [-0.05, 0) is 31.2 Å². The molecule has 0 saturated carbocycles. The van der Waals surface area contributed by atoms with Crippen molar-refractivity contribution in [3.8, 4) is 0 Å². The maximum absolute atomic E-state index is 12.7. The van der Waals surface area contributed by atoms with Crippen LogP contribution in [0.3, 0.4) is 0 Å². The molecule has 2 rings (SSSR count). The van der Waals surface area contributed by atoms with Gasteiger partial charge >= 0.3 is 0 Å². The molecule has 1 fully saturated rings. The third-order valence-corrected chi connectivity index (χ3v) is 5.00. The Bertz CT molecular complexity index is 493. The molecule has 1 aromatic carbocycles. The van der Waals surface area contributed by atoms with Crippen molar-refractivity contribution >= 4 is 5.91 Å². The summed E-state index contributed by atoms with van der Waals surface area (Å²) in [5.41, 5.74) is 7.41. The van der Waals surface area contributed by atoms with E-state index in [1.807, 2.05) is 31.7 Å². The molecule has 1 amide bonds. The molecule has 0 bridgehead atoms. The summed E-state index contributed by atoms with van der Waals surface area (Å²) in [5.74, 6) is 0.318. The summed E-state index contributed by atoms with van der Waals surface area (Å²) < 4.78 is 5.67. The van der Waals surface area contributed by atoms with Gasteiger partial charge in [0, 0.05) is 31.7 Å². The quantitative estimate of drug-likeness (QED) is 0.877. The van der Waals surface area contributed by atoms with E-state index in [1.54, 1.807) is 0 Å². The van der Waals surface area contributed by atoms with Crippen molar-refractivity contribution in [1.29, 1.82) is 0 Å². The van der Waals surface area contributed by atoms with E-state index in [9.17, 15) is 4.79 Å². The highest BCUT2D eigenvalue weighted by atomic mass is 16.5. The summed E-state index contributed by atoms with van der Waals surface area (Å²) in [5, 5.41) is 0. The van der Waals surface area contributed by atoms with Crippen LogP contribution in [0.4, 0.5) is 0 Å². The van der Waals surface area contributed by atoms with E-state index in [2.05, 4.69) is 24.3 Å². The molecule has 4 nitrogen and oxygen atoms in total. The van der Waals surface area contributed by atoms with E-state index in [0.717, 1.165) is 25.9 Å². The lowest BCUT2D eigenvalue weighted by Gasteiger charge is -2.42. The molecule has 1 unspecified atom stereocenters. The van der Waals surface area contributed by atoms with Gasteiger partial charge < -0.3 is 15.4 Å². The van der Waals surface area contributed by atoms with Crippen LogP contribution in [0.2, 0.25) is 0 Å². The lowest BCUT2D eigenvalue weighted by Crippen LogP contribution is -2.52. The van der Waals surface area contributed by atoms with Crippen molar-refractivity contribution in [3.05, 3.63) is 35.9 Å². The van der Waals surface area contributed by atoms with E-state index in [-0.39, 0.29) is 23.3 Å². The summed E-state index contributed by atoms with van der Waals surface area (Å²) in [6.07, 6.45) is 1.49. The number of benzene rings is 1. The fraction of sp³-hybridized carbons (Fsp3) is 0.632. The van der Waals surface area contributed by atoms with Gasteiger partial charge in [0.25, 0.3) is 5.91 Å². The number of carbonyl (C=O) groups is 1. The van der Waals surface area contributed by atoms with E-state index in [0.29, 0.717) is 13.2 Å². The third-order valence-electron chi connectivity index (χ3n) is 5.00. The maximum Gasteiger partial charge on any atom is 0.251 e. The fourth-order valence-electron chi connectivity index (χ4n) is 3.47. The Morgan fingerprint density at radius 3 is 2.35 bits per heavy atom. The Labute approximate surface area is 140 Å². The van der Waals surface area contributed by atoms with E-state index < -0.39 is 0 Å². The number of hydrogen-bond acceptors (Lipinski definition) is 3. The fourth-order valence-corrected chi connectivity index (χ4v) is 3.47. The third kappa shape index (κ3) is 3.93. The zero-order valence-electron chi connectivity index (χ0n) is 14.6. The average molecular weight is 318 g/mol. The first-order valence-electron chi connectivity index (χ1n) is 8.70. The number of nitrogens with two attached hydrogens (primary N) is 1. The zero-order valence-corrected chi connectivity index (χ0v) is 14.6. The van der Waals surface area contributed by atoms with Crippen LogP contribution in [-0.2, 0) is 14.9 Å². The second-order valence-electron chi connectivity index (χ2n) is 6.80. The van der Waals surface area contributed by atoms with Crippen LogP contribution in [0.15, 0.2) is 30.3 Å². The van der Waals surface area contributed by atoms with Crippen LogP contribution in [0.5, 0.6) is 0 Å².